The summed E-state index contributed by atoms with van der Waals surface area (Å²) in [5, 5.41) is 2.91. The van der Waals surface area contributed by atoms with Crippen LogP contribution < -0.4 is 10.2 Å². The average Bonchev–Trinajstić information content (AvgIpc) is 2.88. The van der Waals surface area contributed by atoms with Crippen LogP contribution in [0.1, 0.15) is 17.5 Å². The average molecular weight is 326 g/mol. The van der Waals surface area contributed by atoms with Crippen molar-refractivity contribution in [2.45, 2.75) is 25.8 Å². The van der Waals surface area contributed by atoms with E-state index in [1.165, 1.54) is 12.1 Å². The number of hydrogen-bond donors (Lipinski definition) is 1. The lowest BCUT2D eigenvalue weighted by atomic mass is 10.1. The quantitative estimate of drug-likeness (QED) is 0.939. The van der Waals surface area contributed by atoms with Gasteiger partial charge in [-0.15, -0.1) is 0 Å². The van der Waals surface area contributed by atoms with Gasteiger partial charge in [0, 0.05) is 18.7 Å². The molecule has 0 radical (unpaired) electrons. The molecule has 1 saturated heterocycles. The summed E-state index contributed by atoms with van der Waals surface area (Å²) >= 11 is 0. The van der Waals surface area contributed by atoms with Crippen LogP contribution >= 0.6 is 0 Å². The van der Waals surface area contributed by atoms with Gasteiger partial charge in [-0.05, 0) is 36.8 Å². The first kappa shape index (κ1) is 16.2. The van der Waals surface area contributed by atoms with Crippen molar-refractivity contribution in [3.8, 4) is 0 Å². The van der Waals surface area contributed by atoms with Crippen LogP contribution in [-0.4, -0.2) is 24.4 Å². The number of benzene rings is 2. The lowest BCUT2D eigenvalue weighted by molar-refractivity contribution is -0.121. The van der Waals surface area contributed by atoms with Crippen molar-refractivity contribution < 1.29 is 14.0 Å². The molecular weight excluding hydrogens is 307 g/mol. The third-order valence-corrected chi connectivity index (χ3v) is 4.08. The van der Waals surface area contributed by atoms with Crippen LogP contribution in [0, 0.1) is 12.7 Å². The number of anilines is 1. The van der Waals surface area contributed by atoms with Gasteiger partial charge in [0.15, 0.2) is 0 Å². The number of hydrogen-bond acceptors (Lipinski definition) is 2. The van der Waals surface area contributed by atoms with Gasteiger partial charge in [0.2, 0.25) is 11.8 Å². The second-order valence-corrected chi connectivity index (χ2v) is 6.12. The van der Waals surface area contributed by atoms with Crippen molar-refractivity contribution in [2.75, 3.05) is 11.4 Å². The molecule has 1 N–H and O–H groups in total. The van der Waals surface area contributed by atoms with Crippen molar-refractivity contribution >= 4 is 17.5 Å². The number of rotatable bonds is 4. The summed E-state index contributed by atoms with van der Waals surface area (Å²) < 4.78 is 13.0. The van der Waals surface area contributed by atoms with E-state index in [4.69, 9.17) is 0 Å². The van der Waals surface area contributed by atoms with Gasteiger partial charge < -0.3 is 10.2 Å². The molecule has 0 aliphatic carbocycles. The number of aryl methyl sites for hydroxylation is 1. The predicted molar refractivity (Wildman–Crippen MR) is 90.2 cm³/mol. The third kappa shape index (κ3) is 3.79. The highest BCUT2D eigenvalue weighted by Gasteiger charge is 2.31. The molecule has 4 nitrogen and oxygen atoms in total. The van der Waals surface area contributed by atoms with Gasteiger partial charge in [-0.25, -0.2) is 4.39 Å². The minimum Gasteiger partial charge on any atom is -0.351 e. The second-order valence-electron chi connectivity index (χ2n) is 6.12. The molecule has 0 aromatic heterocycles. The Balaban J connectivity index is 1.59. The molecule has 24 heavy (non-hydrogen) atoms. The molecule has 1 fully saturated rings. The Bertz CT molecular complexity index is 758. The molecule has 2 amide bonds. The van der Waals surface area contributed by atoms with Crippen LogP contribution in [0.25, 0.3) is 0 Å². The number of carbonyl (C=O) groups is 2. The smallest absolute Gasteiger partial charge is 0.229 e. The van der Waals surface area contributed by atoms with Gasteiger partial charge in [0.1, 0.15) is 5.82 Å². The minimum absolute atomic E-state index is 0.0672. The number of carbonyl (C=O) groups excluding carboxylic acids is 2. The Morgan fingerprint density at radius 1 is 1.25 bits per heavy atom. The largest absolute Gasteiger partial charge is 0.351 e. The summed E-state index contributed by atoms with van der Waals surface area (Å²) in [6.07, 6.45) is 0.555. The molecular formula is C19H19FN2O2. The molecule has 2 aromatic rings. The summed E-state index contributed by atoms with van der Waals surface area (Å²) in [4.78, 5) is 25.9. The summed E-state index contributed by atoms with van der Waals surface area (Å²) in [5.41, 5.74) is 2.71. The van der Waals surface area contributed by atoms with Crippen molar-refractivity contribution in [3.63, 3.8) is 0 Å². The van der Waals surface area contributed by atoms with Crippen LogP contribution in [0.4, 0.5) is 10.1 Å². The third-order valence-electron chi connectivity index (χ3n) is 4.08. The van der Waals surface area contributed by atoms with E-state index in [0.717, 1.165) is 11.1 Å². The topological polar surface area (TPSA) is 49.4 Å². The molecule has 1 atom stereocenters. The van der Waals surface area contributed by atoms with Gasteiger partial charge in [0.25, 0.3) is 0 Å². The van der Waals surface area contributed by atoms with Crippen LogP contribution in [0.5, 0.6) is 0 Å². The van der Waals surface area contributed by atoms with Gasteiger partial charge >= 0.3 is 0 Å². The minimum atomic E-state index is -0.339. The fraction of sp³-hybridized carbons (Fsp3) is 0.263. The van der Waals surface area contributed by atoms with E-state index in [-0.39, 0.29) is 30.1 Å². The first-order chi connectivity index (χ1) is 11.5. The number of nitrogens with zero attached hydrogens (tertiary/aromatic N) is 1. The summed E-state index contributed by atoms with van der Waals surface area (Å²) in [7, 11) is 0. The standard InChI is InChI=1S/C19H19FN2O2/c1-13-3-2-4-14(9-13)10-18(23)21-16-11-19(24)22(12-16)17-7-5-15(20)6-8-17/h2-9,16H,10-12H2,1H3,(H,21,23)/t16-/m0/s1. The number of amides is 2. The predicted octanol–water partition coefficient (Wildman–Crippen LogP) is 2.60. The maximum absolute atomic E-state index is 13.0. The fourth-order valence-corrected chi connectivity index (χ4v) is 2.96. The van der Waals surface area contributed by atoms with E-state index in [1.54, 1.807) is 17.0 Å². The van der Waals surface area contributed by atoms with Crippen LogP contribution in [-0.2, 0) is 16.0 Å². The maximum Gasteiger partial charge on any atom is 0.229 e. The molecule has 0 bridgehead atoms. The molecule has 1 aliphatic rings. The van der Waals surface area contributed by atoms with Crippen molar-refractivity contribution in [3.05, 3.63) is 65.5 Å². The highest BCUT2D eigenvalue weighted by Crippen LogP contribution is 2.21. The Labute approximate surface area is 140 Å². The summed E-state index contributed by atoms with van der Waals surface area (Å²) in [5.74, 6) is -0.504. The van der Waals surface area contributed by atoms with Crippen LogP contribution in [0.15, 0.2) is 48.5 Å². The molecule has 1 aliphatic heterocycles. The molecule has 5 heteroatoms. The normalized spacial score (nSPS) is 17.2. The fourth-order valence-electron chi connectivity index (χ4n) is 2.96. The summed E-state index contributed by atoms with van der Waals surface area (Å²) in [6, 6.07) is 13.4. The van der Waals surface area contributed by atoms with E-state index in [1.807, 2.05) is 31.2 Å². The zero-order chi connectivity index (χ0) is 17.1. The van der Waals surface area contributed by atoms with Crippen LogP contribution in [0.2, 0.25) is 0 Å². The first-order valence-corrected chi connectivity index (χ1v) is 7.92. The molecule has 0 spiro atoms. The molecule has 124 valence electrons. The highest BCUT2D eigenvalue weighted by molar-refractivity contribution is 5.96. The second kappa shape index (κ2) is 6.83. The van der Waals surface area contributed by atoms with Crippen molar-refractivity contribution in [1.82, 2.24) is 5.32 Å². The van der Waals surface area contributed by atoms with E-state index in [9.17, 15) is 14.0 Å². The molecule has 0 saturated carbocycles. The molecule has 1 heterocycles. The molecule has 0 unspecified atom stereocenters. The lowest BCUT2D eigenvalue weighted by Crippen LogP contribution is -2.38. The van der Waals surface area contributed by atoms with E-state index >= 15 is 0 Å². The number of nitrogens with one attached hydrogen (secondary N) is 1. The van der Waals surface area contributed by atoms with E-state index in [2.05, 4.69) is 5.32 Å². The lowest BCUT2D eigenvalue weighted by Gasteiger charge is -2.17. The zero-order valence-electron chi connectivity index (χ0n) is 13.5. The monoisotopic (exact) mass is 326 g/mol. The van der Waals surface area contributed by atoms with Crippen molar-refractivity contribution in [1.29, 1.82) is 0 Å². The van der Waals surface area contributed by atoms with Gasteiger partial charge in [0.05, 0.1) is 12.5 Å². The van der Waals surface area contributed by atoms with Gasteiger partial charge in [-0.2, -0.15) is 0 Å². The zero-order valence-corrected chi connectivity index (χ0v) is 13.5. The molecule has 2 aromatic carbocycles. The maximum atomic E-state index is 13.0. The highest BCUT2D eigenvalue weighted by atomic mass is 19.1. The summed E-state index contributed by atoms with van der Waals surface area (Å²) in [6.45, 7) is 2.39. The Morgan fingerprint density at radius 2 is 2.00 bits per heavy atom. The van der Waals surface area contributed by atoms with E-state index < -0.39 is 0 Å². The Hall–Kier alpha value is -2.69. The molecule has 3 rings (SSSR count). The van der Waals surface area contributed by atoms with E-state index in [0.29, 0.717) is 18.7 Å². The first-order valence-electron chi connectivity index (χ1n) is 7.92. The number of halogens is 1. The van der Waals surface area contributed by atoms with Crippen molar-refractivity contribution in [2.24, 2.45) is 0 Å². The van der Waals surface area contributed by atoms with Gasteiger partial charge in [-0.3, -0.25) is 9.59 Å². The Morgan fingerprint density at radius 3 is 2.71 bits per heavy atom. The Kier molecular flexibility index (Phi) is 4.60. The SMILES string of the molecule is Cc1cccc(CC(=O)N[C@H]2CC(=O)N(c3ccc(F)cc3)C2)c1. The van der Waals surface area contributed by atoms with Gasteiger partial charge in [-0.1, -0.05) is 29.8 Å². The van der Waals surface area contributed by atoms with Crippen LogP contribution in [0.3, 0.4) is 0 Å².